The van der Waals surface area contributed by atoms with Gasteiger partial charge in [0.1, 0.15) is 17.8 Å². The van der Waals surface area contributed by atoms with Gasteiger partial charge in [-0.1, -0.05) is 12.1 Å². The van der Waals surface area contributed by atoms with Crippen molar-refractivity contribution in [3.8, 4) is 17.2 Å². The first-order chi connectivity index (χ1) is 11.8. The highest BCUT2D eigenvalue weighted by Crippen LogP contribution is 2.23. The monoisotopic (exact) mass is 322 g/mol. The van der Waals surface area contributed by atoms with E-state index in [0.29, 0.717) is 29.2 Å². The fraction of sp³-hybridized carbons (Fsp3) is 0.125. The van der Waals surface area contributed by atoms with Crippen molar-refractivity contribution in [3.63, 3.8) is 0 Å². The van der Waals surface area contributed by atoms with Gasteiger partial charge in [-0.3, -0.25) is 0 Å². The Hall–Kier alpha value is -3.42. The summed E-state index contributed by atoms with van der Waals surface area (Å²) in [6.07, 6.45) is 3.06. The van der Waals surface area contributed by atoms with Gasteiger partial charge in [0.15, 0.2) is 11.3 Å². The van der Waals surface area contributed by atoms with Crippen molar-refractivity contribution in [1.29, 1.82) is 0 Å². The lowest BCUT2D eigenvalue weighted by Crippen LogP contribution is -2.16. The van der Waals surface area contributed by atoms with Crippen LogP contribution in [0.4, 0.5) is 0 Å². The standard InChI is InChI=1S/C16H14N6O2/c1-23-12-6-4-11(5-7-12)9-19-22-16-15(20-21-22)14(17-10-18-16)13-3-2-8-24-13/h2-8,10,19H,9H2,1H3. The Morgan fingerprint density at radius 1 is 1.17 bits per heavy atom. The zero-order valence-electron chi connectivity index (χ0n) is 12.9. The molecule has 4 rings (SSSR count). The van der Waals surface area contributed by atoms with E-state index in [0.717, 1.165) is 11.3 Å². The Labute approximate surface area is 137 Å². The summed E-state index contributed by atoms with van der Waals surface area (Å²) in [6.45, 7) is 0.572. The fourth-order valence-electron chi connectivity index (χ4n) is 2.36. The number of methoxy groups -OCH3 is 1. The maximum atomic E-state index is 5.39. The molecule has 0 aliphatic rings. The van der Waals surface area contributed by atoms with Gasteiger partial charge < -0.3 is 14.6 Å². The molecule has 24 heavy (non-hydrogen) atoms. The van der Waals surface area contributed by atoms with Gasteiger partial charge in [0.2, 0.25) is 5.65 Å². The molecule has 0 fully saturated rings. The van der Waals surface area contributed by atoms with Gasteiger partial charge in [-0.05, 0) is 35.0 Å². The molecule has 1 aromatic carbocycles. The van der Waals surface area contributed by atoms with E-state index in [-0.39, 0.29) is 0 Å². The summed E-state index contributed by atoms with van der Waals surface area (Å²) in [5, 5.41) is 8.26. The minimum atomic E-state index is 0.572. The number of furan rings is 1. The van der Waals surface area contributed by atoms with E-state index < -0.39 is 0 Å². The van der Waals surface area contributed by atoms with Gasteiger partial charge in [-0.25, -0.2) is 9.97 Å². The molecule has 3 aromatic heterocycles. The lowest BCUT2D eigenvalue weighted by Gasteiger charge is -2.07. The van der Waals surface area contributed by atoms with Crippen LogP contribution in [0.2, 0.25) is 0 Å². The van der Waals surface area contributed by atoms with E-state index in [1.165, 1.54) is 11.1 Å². The molecule has 0 atom stereocenters. The van der Waals surface area contributed by atoms with Crippen LogP contribution in [0.15, 0.2) is 53.4 Å². The number of hydrogen-bond donors (Lipinski definition) is 1. The van der Waals surface area contributed by atoms with Crippen molar-refractivity contribution in [2.75, 3.05) is 12.5 Å². The number of rotatable bonds is 5. The number of benzene rings is 1. The maximum Gasteiger partial charge on any atom is 0.205 e. The summed E-state index contributed by atoms with van der Waals surface area (Å²) in [6, 6.07) is 11.4. The van der Waals surface area contributed by atoms with Gasteiger partial charge in [0, 0.05) is 0 Å². The molecule has 0 radical (unpaired) electrons. The fourth-order valence-corrected chi connectivity index (χ4v) is 2.36. The Bertz CT molecular complexity index is 947. The normalized spacial score (nSPS) is 10.9. The number of hydrogen-bond acceptors (Lipinski definition) is 7. The molecule has 8 heteroatoms. The second-order valence-electron chi connectivity index (χ2n) is 5.06. The molecule has 8 nitrogen and oxygen atoms in total. The van der Waals surface area contributed by atoms with Crippen molar-refractivity contribution < 1.29 is 9.15 Å². The van der Waals surface area contributed by atoms with E-state index in [4.69, 9.17) is 9.15 Å². The Balaban J connectivity index is 1.60. The van der Waals surface area contributed by atoms with Crippen molar-refractivity contribution in [2.45, 2.75) is 6.54 Å². The van der Waals surface area contributed by atoms with Crippen LogP contribution in [0.1, 0.15) is 5.56 Å². The van der Waals surface area contributed by atoms with Crippen LogP contribution in [0.5, 0.6) is 5.75 Å². The van der Waals surface area contributed by atoms with Crippen LogP contribution < -0.4 is 10.2 Å². The molecule has 0 aliphatic carbocycles. The molecule has 1 N–H and O–H groups in total. The van der Waals surface area contributed by atoms with Crippen molar-refractivity contribution in [2.24, 2.45) is 0 Å². The number of aromatic nitrogens is 5. The van der Waals surface area contributed by atoms with Crippen molar-refractivity contribution >= 4 is 11.2 Å². The quantitative estimate of drug-likeness (QED) is 0.602. The van der Waals surface area contributed by atoms with E-state index >= 15 is 0 Å². The van der Waals surface area contributed by atoms with E-state index in [2.05, 4.69) is 25.7 Å². The molecule has 0 bridgehead atoms. The van der Waals surface area contributed by atoms with Crippen LogP contribution in [0.25, 0.3) is 22.6 Å². The van der Waals surface area contributed by atoms with Crippen LogP contribution >= 0.6 is 0 Å². The van der Waals surface area contributed by atoms with E-state index in [1.807, 2.05) is 30.3 Å². The lowest BCUT2D eigenvalue weighted by molar-refractivity contribution is 0.414. The molecule has 0 saturated heterocycles. The summed E-state index contributed by atoms with van der Waals surface area (Å²) in [7, 11) is 1.64. The number of ether oxygens (including phenoxy) is 1. The molecule has 4 aromatic rings. The van der Waals surface area contributed by atoms with Gasteiger partial charge in [0.25, 0.3) is 0 Å². The Kier molecular flexibility index (Phi) is 3.54. The summed E-state index contributed by atoms with van der Waals surface area (Å²) >= 11 is 0. The highest BCUT2D eigenvalue weighted by molar-refractivity contribution is 5.84. The number of nitrogens with zero attached hydrogens (tertiary/aromatic N) is 5. The lowest BCUT2D eigenvalue weighted by atomic mass is 10.2. The first kappa shape index (κ1) is 14.2. The molecule has 0 unspecified atom stereocenters. The van der Waals surface area contributed by atoms with E-state index in [1.54, 1.807) is 19.4 Å². The highest BCUT2D eigenvalue weighted by atomic mass is 16.5. The largest absolute Gasteiger partial charge is 0.497 e. The SMILES string of the molecule is COc1ccc(CNn2nnc3c(-c4ccco4)ncnc32)cc1. The predicted molar refractivity (Wildman–Crippen MR) is 86.9 cm³/mol. The van der Waals surface area contributed by atoms with Crippen molar-refractivity contribution in [1.82, 2.24) is 25.1 Å². The molecular weight excluding hydrogens is 308 g/mol. The van der Waals surface area contributed by atoms with E-state index in [9.17, 15) is 0 Å². The molecule has 0 saturated carbocycles. The summed E-state index contributed by atoms with van der Waals surface area (Å²) in [5.74, 6) is 1.45. The first-order valence-corrected chi connectivity index (χ1v) is 7.32. The highest BCUT2D eigenvalue weighted by Gasteiger charge is 2.14. The van der Waals surface area contributed by atoms with Gasteiger partial charge in [-0.15, -0.1) is 9.89 Å². The molecule has 0 aliphatic heterocycles. The smallest absolute Gasteiger partial charge is 0.205 e. The molecule has 0 amide bonds. The first-order valence-electron chi connectivity index (χ1n) is 7.32. The van der Waals surface area contributed by atoms with Gasteiger partial charge in [-0.2, -0.15) is 0 Å². The molecule has 3 heterocycles. The maximum absolute atomic E-state index is 5.39. The van der Waals surface area contributed by atoms with Crippen molar-refractivity contribution in [3.05, 3.63) is 54.6 Å². The second kappa shape index (κ2) is 5.99. The average molecular weight is 322 g/mol. The topological polar surface area (TPSA) is 90.9 Å². The molecular formula is C16H14N6O2. The zero-order chi connectivity index (χ0) is 16.4. The third kappa shape index (κ3) is 2.54. The Morgan fingerprint density at radius 3 is 2.79 bits per heavy atom. The van der Waals surface area contributed by atoms with Crippen LogP contribution in [-0.4, -0.2) is 32.2 Å². The predicted octanol–water partition coefficient (Wildman–Crippen LogP) is 2.23. The minimum absolute atomic E-state index is 0.572. The summed E-state index contributed by atoms with van der Waals surface area (Å²) in [4.78, 5) is 10.0. The number of nitrogens with one attached hydrogen (secondary N) is 1. The summed E-state index contributed by atoms with van der Waals surface area (Å²) in [5.41, 5.74) is 6.04. The second-order valence-corrected chi connectivity index (χ2v) is 5.06. The van der Waals surface area contributed by atoms with Gasteiger partial charge in [0.05, 0.1) is 19.9 Å². The summed E-state index contributed by atoms with van der Waals surface area (Å²) < 4.78 is 10.5. The van der Waals surface area contributed by atoms with Crippen LogP contribution in [0, 0.1) is 0 Å². The average Bonchev–Trinajstić information content (AvgIpc) is 3.30. The molecule has 0 spiro atoms. The third-order valence-electron chi connectivity index (χ3n) is 3.58. The Morgan fingerprint density at radius 2 is 2.04 bits per heavy atom. The van der Waals surface area contributed by atoms with Crippen LogP contribution in [0.3, 0.4) is 0 Å². The molecule has 120 valence electrons. The minimum Gasteiger partial charge on any atom is -0.497 e. The van der Waals surface area contributed by atoms with Gasteiger partial charge >= 0.3 is 0 Å². The third-order valence-corrected chi connectivity index (χ3v) is 3.58. The zero-order valence-corrected chi connectivity index (χ0v) is 12.9. The van der Waals surface area contributed by atoms with Crippen LogP contribution in [-0.2, 0) is 6.54 Å². The number of fused-ring (bicyclic) bond motifs is 1.